The normalized spacial score (nSPS) is 12.8. The summed E-state index contributed by atoms with van der Waals surface area (Å²) in [6.07, 6.45) is 1.79. The molecular weight excluding hydrogens is 367 g/mol. The van der Waals surface area contributed by atoms with Crippen molar-refractivity contribution in [2.24, 2.45) is 16.8 Å². The standard InChI is InChI=1S/C16H20BrFN2O3/c1-3-4-5-14(21)12(15(16(19)22)20-23-2)8-10-6-7-11(17)9-13(10)18/h6-7,9,12H,3-5,8H2,1-2H3,(H2,19,22). The molecule has 0 aliphatic carbocycles. The van der Waals surface area contributed by atoms with Crippen LogP contribution in [0.4, 0.5) is 4.39 Å². The molecule has 0 aliphatic rings. The van der Waals surface area contributed by atoms with E-state index < -0.39 is 17.6 Å². The van der Waals surface area contributed by atoms with E-state index in [4.69, 9.17) is 5.73 Å². The van der Waals surface area contributed by atoms with Gasteiger partial charge in [0.05, 0.1) is 5.92 Å². The van der Waals surface area contributed by atoms with E-state index in [1.54, 1.807) is 12.1 Å². The molecule has 1 unspecified atom stereocenters. The van der Waals surface area contributed by atoms with Gasteiger partial charge in [0.15, 0.2) is 5.71 Å². The van der Waals surface area contributed by atoms with Crippen molar-refractivity contribution in [2.45, 2.75) is 32.6 Å². The van der Waals surface area contributed by atoms with Crippen LogP contribution in [0.3, 0.4) is 0 Å². The number of rotatable bonds is 9. The number of nitrogens with two attached hydrogens (primary N) is 1. The number of carbonyl (C=O) groups is 2. The first kappa shape index (κ1) is 19.3. The van der Waals surface area contributed by atoms with Gasteiger partial charge in [0.2, 0.25) is 0 Å². The molecule has 0 fully saturated rings. The highest BCUT2D eigenvalue weighted by molar-refractivity contribution is 9.10. The molecule has 0 spiro atoms. The van der Waals surface area contributed by atoms with Gasteiger partial charge in [-0.2, -0.15) is 0 Å². The zero-order valence-electron chi connectivity index (χ0n) is 13.1. The second kappa shape index (κ2) is 9.39. The number of benzene rings is 1. The molecule has 7 heteroatoms. The van der Waals surface area contributed by atoms with Gasteiger partial charge in [0.1, 0.15) is 18.7 Å². The SMILES string of the molecule is CCCCC(=O)C(Cc1ccc(Br)cc1F)C(=NOC)C(N)=O. The number of primary amides is 1. The summed E-state index contributed by atoms with van der Waals surface area (Å²) in [6.45, 7) is 1.95. The van der Waals surface area contributed by atoms with Crippen molar-refractivity contribution < 1.29 is 18.8 Å². The monoisotopic (exact) mass is 386 g/mol. The summed E-state index contributed by atoms with van der Waals surface area (Å²) in [5, 5.41) is 3.59. The number of Topliss-reactive ketones (excluding diaryl/α,β-unsaturated/α-hetero) is 1. The molecule has 0 saturated heterocycles. The minimum Gasteiger partial charge on any atom is -0.399 e. The van der Waals surface area contributed by atoms with Crippen LogP contribution in [0.2, 0.25) is 0 Å². The van der Waals surface area contributed by atoms with E-state index in [2.05, 4.69) is 25.9 Å². The molecule has 23 heavy (non-hydrogen) atoms. The number of oxime groups is 1. The van der Waals surface area contributed by atoms with E-state index in [-0.39, 0.29) is 24.3 Å². The Labute approximate surface area is 143 Å². The van der Waals surface area contributed by atoms with Gasteiger partial charge >= 0.3 is 0 Å². The number of hydrogen-bond donors (Lipinski definition) is 1. The largest absolute Gasteiger partial charge is 0.399 e. The zero-order valence-corrected chi connectivity index (χ0v) is 14.7. The topological polar surface area (TPSA) is 81.8 Å². The fourth-order valence-electron chi connectivity index (χ4n) is 2.17. The van der Waals surface area contributed by atoms with Crippen LogP contribution in [0.1, 0.15) is 31.7 Å². The molecule has 1 rings (SSSR count). The maximum absolute atomic E-state index is 14.0. The van der Waals surface area contributed by atoms with Gasteiger partial charge in [-0.05, 0) is 30.5 Å². The van der Waals surface area contributed by atoms with Crippen LogP contribution in [0.25, 0.3) is 0 Å². The molecule has 0 aromatic heterocycles. The molecule has 0 saturated carbocycles. The van der Waals surface area contributed by atoms with Crippen LogP contribution in [-0.4, -0.2) is 24.5 Å². The predicted molar refractivity (Wildman–Crippen MR) is 89.5 cm³/mol. The fraction of sp³-hybridized carbons (Fsp3) is 0.438. The first-order valence-corrected chi connectivity index (χ1v) is 8.07. The Morgan fingerprint density at radius 1 is 1.43 bits per heavy atom. The van der Waals surface area contributed by atoms with E-state index in [9.17, 15) is 14.0 Å². The quantitative estimate of drug-likeness (QED) is 0.523. The summed E-state index contributed by atoms with van der Waals surface area (Å²) in [6, 6.07) is 4.54. The van der Waals surface area contributed by atoms with Gasteiger partial charge in [0, 0.05) is 10.9 Å². The number of halogens is 2. The molecule has 1 aromatic carbocycles. The highest BCUT2D eigenvalue weighted by Gasteiger charge is 2.29. The highest BCUT2D eigenvalue weighted by atomic mass is 79.9. The first-order chi connectivity index (χ1) is 10.9. The van der Waals surface area contributed by atoms with Gasteiger partial charge in [-0.3, -0.25) is 9.59 Å². The molecular formula is C16H20BrFN2O3. The van der Waals surface area contributed by atoms with Crippen LogP contribution in [0, 0.1) is 11.7 Å². The van der Waals surface area contributed by atoms with Crippen LogP contribution in [0.15, 0.2) is 27.8 Å². The van der Waals surface area contributed by atoms with Gasteiger partial charge in [0.25, 0.3) is 5.91 Å². The molecule has 126 valence electrons. The Morgan fingerprint density at radius 3 is 2.65 bits per heavy atom. The average Bonchev–Trinajstić information content (AvgIpc) is 2.50. The summed E-state index contributed by atoms with van der Waals surface area (Å²) in [4.78, 5) is 28.6. The number of carbonyl (C=O) groups excluding carboxylic acids is 2. The molecule has 5 nitrogen and oxygen atoms in total. The van der Waals surface area contributed by atoms with Crippen LogP contribution in [0.5, 0.6) is 0 Å². The maximum atomic E-state index is 14.0. The lowest BCUT2D eigenvalue weighted by molar-refractivity contribution is -0.122. The number of unbranched alkanes of at least 4 members (excludes halogenated alkanes) is 1. The van der Waals surface area contributed by atoms with E-state index in [0.29, 0.717) is 16.5 Å². The average molecular weight is 387 g/mol. The van der Waals surface area contributed by atoms with Crippen molar-refractivity contribution >= 4 is 33.3 Å². The van der Waals surface area contributed by atoms with Crippen molar-refractivity contribution in [3.05, 3.63) is 34.1 Å². The lowest BCUT2D eigenvalue weighted by Gasteiger charge is -2.16. The highest BCUT2D eigenvalue weighted by Crippen LogP contribution is 2.21. The van der Waals surface area contributed by atoms with E-state index in [0.717, 1.165) is 6.42 Å². The lowest BCUT2D eigenvalue weighted by Crippen LogP contribution is -2.36. The van der Waals surface area contributed by atoms with Gasteiger partial charge in [-0.1, -0.05) is 40.5 Å². The van der Waals surface area contributed by atoms with Gasteiger partial charge in [-0.15, -0.1) is 0 Å². The van der Waals surface area contributed by atoms with Crippen molar-refractivity contribution in [2.75, 3.05) is 7.11 Å². The molecule has 0 bridgehead atoms. The van der Waals surface area contributed by atoms with E-state index in [1.807, 2.05) is 6.92 Å². The van der Waals surface area contributed by atoms with Crippen LogP contribution < -0.4 is 5.73 Å². The van der Waals surface area contributed by atoms with Crippen LogP contribution in [-0.2, 0) is 20.8 Å². The third-order valence-electron chi connectivity index (χ3n) is 3.38. The molecule has 0 heterocycles. The predicted octanol–water partition coefficient (Wildman–Crippen LogP) is 2.99. The smallest absolute Gasteiger partial charge is 0.267 e. The van der Waals surface area contributed by atoms with Crippen molar-refractivity contribution in [1.82, 2.24) is 0 Å². The maximum Gasteiger partial charge on any atom is 0.267 e. The second-order valence-corrected chi connectivity index (χ2v) is 6.00. The Balaban J connectivity index is 3.14. The minimum absolute atomic E-state index is 0.00674. The molecule has 1 amide bonds. The Hall–Kier alpha value is -1.76. The van der Waals surface area contributed by atoms with Gasteiger partial charge in [-0.25, -0.2) is 4.39 Å². The summed E-state index contributed by atoms with van der Waals surface area (Å²) in [5.41, 5.74) is 5.43. The number of amides is 1. The number of ketones is 1. The fourth-order valence-corrected chi connectivity index (χ4v) is 2.51. The number of nitrogens with zero attached hydrogens (tertiary/aromatic N) is 1. The van der Waals surface area contributed by atoms with E-state index >= 15 is 0 Å². The summed E-state index contributed by atoms with van der Waals surface area (Å²) >= 11 is 3.18. The molecule has 2 N–H and O–H groups in total. The van der Waals surface area contributed by atoms with E-state index in [1.165, 1.54) is 13.2 Å². The number of hydrogen-bond acceptors (Lipinski definition) is 4. The Kier molecular flexibility index (Phi) is 7.88. The third kappa shape index (κ3) is 5.74. The summed E-state index contributed by atoms with van der Waals surface area (Å²) < 4.78 is 14.6. The zero-order chi connectivity index (χ0) is 17.4. The van der Waals surface area contributed by atoms with Crippen molar-refractivity contribution in [3.8, 4) is 0 Å². The Morgan fingerprint density at radius 2 is 2.13 bits per heavy atom. The molecule has 0 radical (unpaired) electrons. The minimum atomic E-state index is -0.922. The molecule has 0 aliphatic heterocycles. The third-order valence-corrected chi connectivity index (χ3v) is 3.87. The first-order valence-electron chi connectivity index (χ1n) is 7.28. The van der Waals surface area contributed by atoms with Crippen molar-refractivity contribution in [3.63, 3.8) is 0 Å². The molecule has 1 atom stereocenters. The molecule has 1 aromatic rings. The summed E-state index contributed by atoms with van der Waals surface area (Å²) in [5.74, 6) is -2.44. The second-order valence-electron chi connectivity index (χ2n) is 5.09. The Bertz CT molecular complexity index is 605. The van der Waals surface area contributed by atoms with Crippen molar-refractivity contribution in [1.29, 1.82) is 0 Å². The lowest BCUT2D eigenvalue weighted by atomic mass is 9.88. The van der Waals surface area contributed by atoms with Crippen LogP contribution >= 0.6 is 15.9 Å². The van der Waals surface area contributed by atoms with Gasteiger partial charge < -0.3 is 10.6 Å². The summed E-state index contributed by atoms with van der Waals surface area (Å²) in [7, 11) is 1.26.